The molecule has 0 aliphatic carbocycles. The van der Waals surface area contributed by atoms with E-state index in [1.54, 1.807) is 54.6 Å². The molecule has 4 aromatic rings. The van der Waals surface area contributed by atoms with E-state index in [0.29, 0.717) is 32.7 Å². The molecule has 0 radical (unpaired) electrons. The van der Waals surface area contributed by atoms with Gasteiger partial charge in [-0.3, -0.25) is 0 Å². The summed E-state index contributed by atoms with van der Waals surface area (Å²) >= 11 is 8.77. The van der Waals surface area contributed by atoms with Crippen molar-refractivity contribution in [3.63, 3.8) is 0 Å². The Hall–Kier alpha value is -3.33. The number of halogens is 2. The van der Waals surface area contributed by atoms with E-state index in [4.69, 9.17) is 21.3 Å². The molecular weight excluding hydrogens is 507 g/mol. The summed E-state index contributed by atoms with van der Waals surface area (Å²) < 4.78 is 19.3. The number of carbonyl (C=O) groups is 1. The molecule has 5 rings (SSSR count). The Bertz CT molecular complexity index is 1410. The van der Waals surface area contributed by atoms with Crippen LogP contribution in [0.2, 0.25) is 5.02 Å². The largest absolute Gasteiger partial charge is 0.511 e. The molecule has 1 aliphatic rings. The smallest absolute Gasteiger partial charge is 0.349 e. The lowest BCUT2D eigenvalue weighted by Gasteiger charge is -2.36. The fourth-order valence-corrected chi connectivity index (χ4v) is 5.59. The zero-order valence-corrected chi connectivity index (χ0v) is 20.5. The number of thioether (sulfide) groups is 1. The lowest BCUT2D eigenvalue weighted by atomic mass is 9.86. The van der Waals surface area contributed by atoms with Gasteiger partial charge in [0.2, 0.25) is 0 Å². The predicted octanol–water partition coefficient (Wildman–Crippen LogP) is 7.43. The van der Waals surface area contributed by atoms with E-state index in [2.05, 4.69) is 5.32 Å². The van der Waals surface area contributed by atoms with Gasteiger partial charge in [-0.15, -0.1) is 0 Å². The van der Waals surface area contributed by atoms with Crippen molar-refractivity contribution in [2.75, 3.05) is 5.32 Å². The molecule has 35 heavy (non-hydrogen) atoms. The number of anilines is 2. The van der Waals surface area contributed by atoms with Crippen LogP contribution in [0.5, 0.6) is 0 Å². The van der Waals surface area contributed by atoms with Crippen molar-refractivity contribution in [3.05, 3.63) is 116 Å². The summed E-state index contributed by atoms with van der Waals surface area (Å²) in [4.78, 5) is 18.7. The summed E-state index contributed by atoms with van der Waals surface area (Å²) in [7, 11) is 0. The average Bonchev–Trinajstić information content (AvgIpc) is 3.40. The molecule has 0 saturated carbocycles. The molecule has 2 aromatic heterocycles. The van der Waals surface area contributed by atoms with Crippen LogP contribution >= 0.6 is 34.7 Å². The first-order valence-electron chi connectivity index (χ1n) is 10.6. The highest BCUT2D eigenvalue weighted by Gasteiger charge is 2.47. The molecule has 1 atom stereocenters. The Morgan fingerprint density at radius 2 is 1.89 bits per heavy atom. The van der Waals surface area contributed by atoms with Gasteiger partial charge in [0.15, 0.2) is 5.60 Å². The molecule has 0 fully saturated rings. The standard InChI is InChI=1S/C26H18ClFN2O3S2/c27-19-4-1-2-5-21(19)35-24-20(31)14-26(33-25(24)32,16-12-13-34-15-16)22-6-3-7-23(30-22)29-18-10-8-17(28)9-11-18/h1-13,15,31H,14H2,(H,29,30)/t26-/m1/s1. The second-order valence-electron chi connectivity index (χ2n) is 7.75. The number of aromatic nitrogens is 1. The van der Waals surface area contributed by atoms with Crippen molar-refractivity contribution in [2.24, 2.45) is 0 Å². The number of hydrogen-bond acceptors (Lipinski definition) is 7. The average molecular weight is 525 g/mol. The number of hydrogen-bond donors (Lipinski definition) is 2. The highest BCUT2D eigenvalue weighted by Crippen LogP contribution is 2.47. The van der Waals surface area contributed by atoms with Gasteiger partial charge in [-0.2, -0.15) is 11.3 Å². The van der Waals surface area contributed by atoms with E-state index in [-0.39, 0.29) is 22.9 Å². The maximum atomic E-state index is 13.3. The minimum atomic E-state index is -1.31. The zero-order valence-electron chi connectivity index (χ0n) is 18.1. The highest BCUT2D eigenvalue weighted by molar-refractivity contribution is 8.04. The monoisotopic (exact) mass is 524 g/mol. The van der Waals surface area contributed by atoms with E-state index < -0.39 is 11.6 Å². The quantitative estimate of drug-likeness (QED) is 0.255. The number of pyridine rings is 1. The number of aliphatic hydroxyl groups excluding tert-OH is 1. The van der Waals surface area contributed by atoms with E-state index >= 15 is 0 Å². The fraction of sp³-hybridized carbons (Fsp3) is 0.0769. The fourth-order valence-electron chi connectivity index (χ4n) is 3.77. The van der Waals surface area contributed by atoms with Crippen LogP contribution in [-0.2, 0) is 15.1 Å². The van der Waals surface area contributed by atoms with Crippen LogP contribution < -0.4 is 5.32 Å². The maximum absolute atomic E-state index is 13.3. The van der Waals surface area contributed by atoms with Crippen molar-refractivity contribution >= 4 is 52.2 Å². The van der Waals surface area contributed by atoms with Gasteiger partial charge in [0.05, 0.1) is 17.1 Å². The summed E-state index contributed by atoms with van der Waals surface area (Å²) in [5, 5.41) is 18.4. The number of thiophene rings is 1. The van der Waals surface area contributed by atoms with E-state index in [9.17, 15) is 14.3 Å². The number of cyclic esters (lactones) is 1. The molecular formula is C26H18ClFN2O3S2. The van der Waals surface area contributed by atoms with Crippen molar-refractivity contribution in [1.29, 1.82) is 0 Å². The topological polar surface area (TPSA) is 71.5 Å². The third-order valence-corrected chi connectivity index (χ3v) is 7.75. The van der Waals surface area contributed by atoms with Crippen LogP contribution in [0.25, 0.3) is 0 Å². The number of nitrogens with one attached hydrogen (secondary N) is 1. The van der Waals surface area contributed by atoms with Gasteiger partial charge < -0.3 is 15.2 Å². The van der Waals surface area contributed by atoms with Crippen LogP contribution in [0.1, 0.15) is 17.7 Å². The normalized spacial score (nSPS) is 17.8. The SMILES string of the molecule is O=C1O[C@](c2ccsc2)(c2cccc(Nc3ccc(F)cc3)n2)CC(O)=C1Sc1ccccc1Cl. The molecule has 2 aromatic carbocycles. The minimum Gasteiger partial charge on any atom is -0.511 e. The second kappa shape index (κ2) is 9.73. The van der Waals surface area contributed by atoms with Gasteiger partial charge in [0.25, 0.3) is 0 Å². The van der Waals surface area contributed by atoms with E-state index in [1.165, 1.54) is 23.5 Å². The Balaban J connectivity index is 1.52. The lowest BCUT2D eigenvalue weighted by molar-refractivity contribution is -0.154. The van der Waals surface area contributed by atoms with Crippen molar-refractivity contribution in [1.82, 2.24) is 4.98 Å². The van der Waals surface area contributed by atoms with Gasteiger partial charge in [-0.1, -0.05) is 41.6 Å². The van der Waals surface area contributed by atoms with Gasteiger partial charge in [-0.05, 0) is 65.4 Å². The molecule has 5 nitrogen and oxygen atoms in total. The molecule has 0 saturated heterocycles. The number of aliphatic hydroxyl groups is 1. The van der Waals surface area contributed by atoms with Crippen LogP contribution in [0, 0.1) is 5.82 Å². The predicted molar refractivity (Wildman–Crippen MR) is 137 cm³/mol. The van der Waals surface area contributed by atoms with Crippen molar-refractivity contribution in [3.8, 4) is 0 Å². The summed E-state index contributed by atoms with van der Waals surface area (Å²) in [5.74, 6) is -0.616. The molecule has 0 bridgehead atoms. The molecule has 176 valence electrons. The van der Waals surface area contributed by atoms with Gasteiger partial charge in [0, 0.05) is 16.1 Å². The number of rotatable bonds is 6. The van der Waals surface area contributed by atoms with Crippen LogP contribution in [0.3, 0.4) is 0 Å². The Morgan fingerprint density at radius 1 is 1.09 bits per heavy atom. The number of esters is 1. The maximum Gasteiger partial charge on any atom is 0.349 e. The Morgan fingerprint density at radius 3 is 2.60 bits per heavy atom. The highest BCUT2D eigenvalue weighted by atomic mass is 35.5. The first-order valence-corrected chi connectivity index (χ1v) is 12.7. The lowest BCUT2D eigenvalue weighted by Crippen LogP contribution is -2.39. The number of ether oxygens (including phenoxy) is 1. The van der Waals surface area contributed by atoms with Gasteiger partial charge in [0.1, 0.15) is 22.3 Å². The molecule has 9 heteroatoms. The van der Waals surface area contributed by atoms with Gasteiger partial charge in [-0.25, -0.2) is 14.2 Å². The summed E-state index contributed by atoms with van der Waals surface area (Å²) in [6.07, 6.45) is 0.00919. The molecule has 3 heterocycles. The van der Waals surface area contributed by atoms with Crippen molar-refractivity contribution in [2.45, 2.75) is 16.9 Å². The third-order valence-electron chi connectivity index (χ3n) is 5.45. The molecule has 0 amide bonds. The molecule has 0 unspecified atom stereocenters. The van der Waals surface area contributed by atoms with Crippen molar-refractivity contribution < 1.29 is 19.0 Å². The second-order valence-corrected chi connectivity index (χ2v) is 9.99. The molecule has 1 aliphatic heterocycles. The molecule has 0 spiro atoms. The van der Waals surface area contributed by atoms with Crippen LogP contribution in [0.4, 0.5) is 15.9 Å². The first kappa shape index (κ1) is 23.4. The Kier molecular flexibility index (Phi) is 6.51. The summed E-state index contributed by atoms with van der Waals surface area (Å²) in [6.45, 7) is 0. The van der Waals surface area contributed by atoms with Crippen LogP contribution in [-0.4, -0.2) is 16.1 Å². The van der Waals surface area contributed by atoms with E-state index in [1.807, 2.05) is 16.8 Å². The molecule has 2 N–H and O–H groups in total. The number of carbonyl (C=O) groups excluding carboxylic acids is 1. The summed E-state index contributed by atoms with van der Waals surface area (Å²) in [6, 6.07) is 20.1. The summed E-state index contributed by atoms with van der Waals surface area (Å²) in [5.41, 5.74) is 0.495. The third kappa shape index (κ3) is 4.77. The zero-order chi connectivity index (χ0) is 24.4. The van der Waals surface area contributed by atoms with Crippen LogP contribution in [0.15, 0.2) is 99.1 Å². The number of nitrogens with zero attached hydrogens (tertiary/aromatic N) is 1. The minimum absolute atomic E-state index is 0.00919. The van der Waals surface area contributed by atoms with E-state index in [0.717, 1.165) is 11.8 Å². The number of benzene rings is 2. The Labute approximate surface area is 214 Å². The first-order chi connectivity index (χ1) is 16.9. The van der Waals surface area contributed by atoms with Gasteiger partial charge >= 0.3 is 5.97 Å².